The molecular weight excluding hydrogens is 358 g/mol. The van der Waals surface area contributed by atoms with Crippen molar-refractivity contribution in [2.75, 3.05) is 13.1 Å². The Morgan fingerprint density at radius 3 is 2.89 bits per heavy atom. The van der Waals surface area contributed by atoms with Gasteiger partial charge in [-0.15, -0.1) is 5.10 Å². The van der Waals surface area contributed by atoms with Gasteiger partial charge in [0.2, 0.25) is 0 Å². The number of piperidine rings is 1. The van der Waals surface area contributed by atoms with E-state index in [0.29, 0.717) is 24.8 Å². The molecule has 1 atom stereocenters. The molecule has 9 heteroatoms. The Morgan fingerprint density at radius 1 is 1.32 bits per heavy atom. The van der Waals surface area contributed by atoms with E-state index in [0.717, 1.165) is 18.7 Å². The molecule has 1 amide bonds. The van der Waals surface area contributed by atoms with Crippen LogP contribution in [-0.4, -0.2) is 58.8 Å². The van der Waals surface area contributed by atoms with E-state index in [1.807, 2.05) is 12.4 Å². The van der Waals surface area contributed by atoms with Crippen molar-refractivity contribution < 1.29 is 9.90 Å². The van der Waals surface area contributed by atoms with Gasteiger partial charge in [-0.2, -0.15) is 0 Å². The zero-order valence-corrected chi connectivity index (χ0v) is 15.9. The Morgan fingerprint density at radius 2 is 2.18 bits per heavy atom. The van der Waals surface area contributed by atoms with Gasteiger partial charge in [-0.3, -0.25) is 4.79 Å². The van der Waals surface area contributed by atoms with Crippen LogP contribution in [0.15, 0.2) is 36.9 Å². The number of aromatic hydroxyl groups is 1. The minimum atomic E-state index is -0.173. The molecule has 3 aromatic rings. The van der Waals surface area contributed by atoms with Crippen molar-refractivity contribution in [2.24, 2.45) is 0 Å². The maximum atomic E-state index is 13.0. The number of rotatable bonds is 4. The first-order chi connectivity index (χ1) is 13.5. The standard InChI is InChI=1S/C19H23N7O2/c1-13(2)25-9-7-20-18(25)14-4-3-8-24(11-14)19(28)16-6-5-15(10-17(16)27)26-12-21-22-23-26/h5-7,9-10,12-14,27H,3-4,8,11H2,1-2H3/t14-/m1/s1. The number of aromatic nitrogens is 6. The van der Waals surface area contributed by atoms with Crippen LogP contribution in [0.25, 0.3) is 5.69 Å². The summed E-state index contributed by atoms with van der Waals surface area (Å²) in [5.74, 6) is 0.959. The van der Waals surface area contributed by atoms with E-state index in [-0.39, 0.29) is 23.1 Å². The van der Waals surface area contributed by atoms with Crippen LogP contribution < -0.4 is 0 Å². The van der Waals surface area contributed by atoms with E-state index in [1.165, 1.54) is 17.1 Å². The number of phenolic OH excluding ortho intramolecular Hbond substituents is 1. The third kappa shape index (κ3) is 3.35. The second-order valence-electron chi connectivity index (χ2n) is 7.33. The lowest BCUT2D eigenvalue weighted by atomic mass is 9.96. The van der Waals surface area contributed by atoms with E-state index < -0.39 is 0 Å². The van der Waals surface area contributed by atoms with E-state index in [4.69, 9.17) is 0 Å². The minimum Gasteiger partial charge on any atom is -0.507 e. The molecule has 0 unspecified atom stereocenters. The molecular formula is C19H23N7O2. The van der Waals surface area contributed by atoms with Crippen molar-refractivity contribution in [3.63, 3.8) is 0 Å². The van der Waals surface area contributed by atoms with Crippen LogP contribution in [0.1, 0.15) is 54.8 Å². The van der Waals surface area contributed by atoms with Crippen molar-refractivity contribution >= 4 is 5.91 Å². The van der Waals surface area contributed by atoms with Gasteiger partial charge in [0, 0.05) is 43.5 Å². The van der Waals surface area contributed by atoms with Gasteiger partial charge in [0.15, 0.2) is 0 Å². The number of imidazole rings is 1. The molecule has 28 heavy (non-hydrogen) atoms. The molecule has 1 saturated heterocycles. The second-order valence-corrected chi connectivity index (χ2v) is 7.33. The van der Waals surface area contributed by atoms with Gasteiger partial charge in [0.05, 0.1) is 11.3 Å². The third-order valence-corrected chi connectivity index (χ3v) is 5.15. The van der Waals surface area contributed by atoms with Crippen LogP contribution in [0, 0.1) is 0 Å². The fraction of sp³-hybridized carbons (Fsp3) is 0.421. The first kappa shape index (κ1) is 18.1. The highest BCUT2D eigenvalue weighted by atomic mass is 16.3. The molecule has 0 aliphatic carbocycles. The number of likely N-dealkylation sites (tertiary alicyclic amines) is 1. The molecule has 4 rings (SSSR count). The van der Waals surface area contributed by atoms with Gasteiger partial charge in [-0.25, -0.2) is 9.67 Å². The molecule has 0 radical (unpaired) electrons. The van der Waals surface area contributed by atoms with Crippen molar-refractivity contribution in [1.29, 1.82) is 0 Å². The number of hydrogen-bond acceptors (Lipinski definition) is 6. The molecule has 146 valence electrons. The number of carbonyl (C=O) groups is 1. The van der Waals surface area contributed by atoms with Crippen molar-refractivity contribution in [3.05, 3.63) is 48.3 Å². The summed E-state index contributed by atoms with van der Waals surface area (Å²) in [6.07, 6.45) is 7.15. The molecule has 3 heterocycles. The average Bonchev–Trinajstić information content (AvgIpc) is 3.39. The predicted octanol–water partition coefficient (Wildman–Crippen LogP) is 2.17. The van der Waals surface area contributed by atoms with Gasteiger partial charge in [0.1, 0.15) is 17.9 Å². The quantitative estimate of drug-likeness (QED) is 0.743. The zero-order chi connectivity index (χ0) is 19.7. The largest absolute Gasteiger partial charge is 0.507 e. The maximum Gasteiger partial charge on any atom is 0.257 e. The molecule has 1 N–H and O–H groups in total. The molecule has 1 aliphatic heterocycles. The number of nitrogens with zero attached hydrogens (tertiary/aromatic N) is 7. The normalized spacial score (nSPS) is 17.2. The van der Waals surface area contributed by atoms with Gasteiger partial charge in [-0.05, 0) is 49.2 Å². The summed E-state index contributed by atoms with van der Waals surface area (Å²) in [4.78, 5) is 19.4. The molecule has 0 bridgehead atoms. The summed E-state index contributed by atoms with van der Waals surface area (Å²) in [7, 11) is 0. The van der Waals surface area contributed by atoms with Crippen molar-refractivity contribution in [1.82, 2.24) is 34.7 Å². The first-order valence-corrected chi connectivity index (χ1v) is 9.43. The van der Waals surface area contributed by atoms with Crippen LogP contribution >= 0.6 is 0 Å². The monoisotopic (exact) mass is 381 g/mol. The smallest absolute Gasteiger partial charge is 0.257 e. The Hall–Kier alpha value is -3.23. The van der Waals surface area contributed by atoms with E-state index in [2.05, 4.69) is 38.9 Å². The third-order valence-electron chi connectivity index (χ3n) is 5.15. The molecule has 0 spiro atoms. The highest BCUT2D eigenvalue weighted by molar-refractivity contribution is 5.97. The van der Waals surface area contributed by atoms with Gasteiger partial charge in [0.25, 0.3) is 5.91 Å². The Balaban J connectivity index is 1.54. The van der Waals surface area contributed by atoms with E-state index in [9.17, 15) is 9.90 Å². The van der Waals surface area contributed by atoms with E-state index >= 15 is 0 Å². The predicted molar refractivity (Wildman–Crippen MR) is 101 cm³/mol. The van der Waals surface area contributed by atoms with Crippen molar-refractivity contribution in [2.45, 2.75) is 38.6 Å². The number of carbonyl (C=O) groups excluding carboxylic acids is 1. The molecule has 0 saturated carbocycles. The highest BCUT2D eigenvalue weighted by Crippen LogP contribution is 2.30. The molecule has 1 fully saturated rings. The van der Waals surface area contributed by atoms with Crippen LogP contribution in [0.2, 0.25) is 0 Å². The SMILES string of the molecule is CC(C)n1ccnc1[C@@H]1CCCN(C(=O)c2ccc(-n3cnnn3)cc2O)C1. The summed E-state index contributed by atoms with van der Waals surface area (Å²) in [5, 5.41) is 21.4. The number of phenols is 1. The Bertz CT molecular complexity index is 965. The van der Waals surface area contributed by atoms with Crippen LogP contribution in [0.3, 0.4) is 0 Å². The number of tetrazole rings is 1. The lowest BCUT2D eigenvalue weighted by Crippen LogP contribution is -2.39. The Labute approximate surface area is 162 Å². The fourth-order valence-corrected chi connectivity index (χ4v) is 3.74. The number of benzene rings is 1. The lowest BCUT2D eigenvalue weighted by Gasteiger charge is -2.33. The zero-order valence-electron chi connectivity index (χ0n) is 15.9. The molecule has 1 aromatic carbocycles. The molecule has 2 aromatic heterocycles. The summed E-state index contributed by atoms with van der Waals surface area (Å²) in [6, 6.07) is 5.16. The topological polar surface area (TPSA) is 102 Å². The number of amides is 1. The first-order valence-electron chi connectivity index (χ1n) is 9.43. The second kappa shape index (κ2) is 7.41. The van der Waals surface area contributed by atoms with Crippen LogP contribution in [0.4, 0.5) is 0 Å². The summed E-state index contributed by atoms with van der Waals surface area (Å²) < 4.78 is 3.59. The van der Waals surface area contributed by atoms with Crippen molar-refractivity contribution in [3.8, 4) is 11.4 Å². The summed E-state index contributed by atoms with van der Waals surface area (Å²) >= 11 is 0. The maximum absolute atomic E-state index is 13.0. The minimum absolute atomic E-state index is 0.0798. The molecule has 1 aliphatic rings. The average molecular weight is 381 g/mol. The van der Waals surface area contributed by atoms with Crippen LogP contribution in [0.5, 0.6) is 5.75 Å². The highest BCUT2D eigenvalue weighted by Gasteiger charge is 2.29. The fourth-order valence-electron chi connectivity index (χ4n) is 3.74. The van der Waals surface area contributed by atoms with Crippen LogP contribution in [-0.2, 0) is 0 Å². The summed E-state index contributed by atoms with van der Waals surface area (Å²) in [6.45, 7) is 5.52. The van der Waals surface area contributed by atoms with Gasteiger partial charge in [-0.1, -0.05) is 0 Å². The number of hydrogen-bond donors (Lipinski definition) is 1. The van der Waals surface area contributed by atoms with Gasteiger partial charge >= 0.3 is 0 Å². The Kier molecular flexibility index (Phi) is 4.81. The lowest BCUT2D eigenvalue weighted by molar-refractivity contribution is 0.0700. The molecule has 9 nitrogen and oxygen atoms in total. The van der Waals surface area contributed by atoms with Gasteiger partial charge < -0.3 is 14.6 Å². The summed E-state index contributed by atoms with van der Waals surface area (Å²) in [5.41, 5.74) is 0.874. The van der Waals surface area contributed by atoms with E-state index in [1.54, 1.807) is 17.0 Å².